The first-order chi connectivity index (χ1) is 14.8. The molecule has 0 saturated carbocycles. The fourth-order valence-electron chi connectivity index (χ4n) is 3.41. The summed E-state index contributed by atoms with van der Waals surface area (Å²) < 4.78 is 29.6. The van der Waals surface area contributed by atoms with Gasteiger partial charge in [0, 0.05) is 26.1 Å². The fourth-order valence-corrected chi connectivity index (χ4v) is 4.55. The van der Waals surface area contributed by atoms with Crippen molar-refractivity contribution in [1.82, 2.24) is 19.6 Å². The van der Waals surface area contributed by atoms with E-state index < -0.39 is 10.0 Å². The smallest absolute Gasteiger partial charge is 0.265 e. The number of amides is 1. The molecule has 0 aliphatic carbocycles. The van der Waals surface area contributed by atoms with Crippen LogP contribution in [-0.4, -0.2) is 41.0 Å². The Morgan fingerprint density at radius 2 is 1.81 bits per heavy atom. The van der Waals surface area contributed by atoms with E-state index in [9.17, 15) is 13.2 Å². The third-order valence-corrected chi connectivity index (χ3v) is 6.65. The molecule has 0 aliphatic rings. The van der Waals surface area contributed by atoms with E-state index in [0.717, 1.165) is 22.1 Å². The summed E-state index contributed by atoms with van der Waals surface area (Å²) in [5, 5.41) is 11.2. The minimum absolute atomic E-state index is 0.0745. The molecule has 0 spiro atoms. The Bertz CT molecular complexity index is 1380. The zero-order valence-electron chi connectivity index (χ0n) is 17.4. The van der Waals surface area contributed by atoms with Gasteiger partial charge in [0.1, 0.15) is 5.82 Å². The molecule has 2 aromatic heterocycles. The third kappa shape index (κ3) is 3.70. The van der Waals surface area contributed by atoms with E-state index in [2.05, 4.69) is 20.5 Å². The predicted molar refractivity (Wildman–Crippen MR) is 119 cm³/mol. The molecule has 160 valence electrons. The Morgan fingerprint density at radius 3 is 2.48 bits per heavy atom. The number of carbonyl (C=O) groups excluding carboxylic acids is 1. The highest BCUT2D eigenvalue weighted by Crippen LogP contribution is 2.28. The number of aryl methyl sites for hydroxylation is 1. The van der Waals surface area contributed by atoms with Crippen molar-refractivity contribution in [2.75, 3.05) is 16.7 Å². The van der Waals surface area contributed by atoms with Crippen LogP contribution in [0.1, 0.15) is 26.1 Å². The van der Waals surface area contributed by atoms with Crippen LogP contribution in [0.3, 0.4) is 0 Å². The number of nitrogens with zero attached hydrogens (tertiary/aromatic N) is 5. The molecule has 1 N–H and O–H groups in total. The second kappa shape index (κ2) is 7.95. The highest BCUT2D eigenvalue weighted by Gasteiger charge is 2.27. The first-order valence-electron chi connectivity index (χ1n) is 9.82. The van der Waals surface area contributed by atoms with E-state index in [1.54, 1.807) is 12.1 Å². The molecule has 2 aromatic carbocycles. The zero-order valence-corrected chi connectivity index (χ0v) is 18.2. The van der Waals surface area contributed by atoms with Crippen LogP contribution in [0.4, 0.5) is 11.5 Å². The largest absolute Gasteiger partial charge is 0.326 e. The molecule has 0 radical (unpaired) electrons. The van der Waals surface area contributed by atoms with Gasteiger partial charge in [-0.2, -0.15) is 0 Å². The molecule has 1 amide bonds. The molecule has 0 saturated heterocycles. The van der Waals surface area contributed by atoms with Gasteiger partial charge < -0.3 is 5.32 Å². The van der Waals surface area contributed by atoms with Crippen molar-refractivity contribution < 1.29 is 13.2 Å². The van der Waals surface area contributed by atoms with Crippen LogP contribution in [0.25, 0.3) is 16.7 Å². The van der Waals surface area contributed by atoms with Crippen molar-refractivity contribution in [2.45, 2.75) is 31.6 Å². The lowest BCUT2D eigenvalue weighted by Gasteiger charge is -2.20. The number of hydrogen-bond donors (Lipinski definition) is 1. The summed E-state index contributed by atoms with van der Waals surface area (Å²) in [6.45, 7) is 3.44. The van der Waals surface area contributed by atoms with Gasteiger partial charge in [-0.05, 0) is 42.8 Å². The first kappa shape index (κ1) is 20.7. The summed E-state index contributed by atoms with van der Waals surface area (Å²) >= 11 is 0. The number of rotatable bonds is 6. The van der Waals surface area contributed by atoms with Crippen LogP contribution in [0.5, 0.6) is 0 Å². The number of benzene rings is 2. The van der Waals surface area contributed by atoms with E-state index in [0.29, 0.717) is 23.3 Å². The topological polar surface area (TPSA) is 110 Å². The lowest BCUT2D eigenvalue weighted by atomic mass is 10.2. The summed E-state index contributed by atoms with van der Waals surface area (Å²) in [7, 11) is -2.48. The highest BCUT2D eigenvalue weighted by atomic mass is 32.2. The molecule has 0 aliphatic heterocycles. The van der Waals surface area contributed by atoms with Crippen molar-refractivity contribution >= 4 is 44.1 Å². The number of para-hydroxylation sites is 2. The van der Waals surface area contributed by atoms with Gasteiger partial charge in [-0.15, -0.1) is 10.2 Å². The van der Waals surface area contributed by atoms with E-state index in [1.165, 1.54) is 26.1 Å². The number of anilines is 2. The molecule has 9 nitrogen and oxygen atoms in total. The number of sulfonamides is 1. The van der Waals surface area contributed by atoms with Crippen molar-refractivity contribution in [2.24, 2.45) is 0 Å². The molecule has 0 unspecified atom stereocenters. The highest BCUT2D eigenvalue weighted by molar-refractivity contribution is 7.92. The molecule has 4 aromatic rings. The number of nitrogens with one attached hydrogen (secondary N) is 1. The number of fused-ring (bicyclic) bond motifs is 3. The average molecular weight is 439 g/mol. The molecule has 10 heteroatoms. The molecule has 2 heterocycles. The van der Waals surface area contributed by atoms with E-state index >= 15 is 0 Å². The molecule has 0 atom stereocenters. The Kier molecular flexibility index (Phi) is 5.32. The molecule has 4 rings (SSSR count). The standard InChI is InChI=1S/C21H22N6O3S/c1-4-7-19-24-25-21-20(23-17-8-5-6-9-18(17)27(19)21)26(3)31(29,30)16-12-10-15(11-13-16)22-14(2)28/h5-6,8-13H,4,7H2,1-3H3,(H,22,28). The van der Waals surface area contributed by atoms with Crippen LogP contribution in [0.2, 0.25) is 0 Å². The monoisotopic (exact) mass is 438 g/mol. The third-order valence-electron chi connectivity index (χ3n) is 4.88. The number of hydrogen-bond acceptors (Lipinski definition) is 6. The maximum atomic E-state index is 13.3. The van der Waals surface area contributed by atoms with Crippen molar-refractivity contribution in [3.8, 4) is 0 Å². The van der Waals surface area contributed by atoms with Gasteiger partial charge >= 0.3 is 0 Å². The first-order valence-corrected chi connectivity index (χ1v) is 11.3. The van der Waals surface area contributed by atoms with Gasteiger partial charge in [0.15, 0.2) is 5.82 Å². The average Bonchev–Trinajstić information content (AvgIpc) is 3.17. The lowest BCUT2D eigenvalue weighted by Crippen LogP contribution is -2.28. The quantitative estimate of drug-likeness (QED) is 0.496. The Labute approximate surface area is 179 Å². The summed E-state index contributed by atoms with van der Waals surface area (Å²) in [6.07, 6.45) is 1.58. The molecule has 31 heavy (non-hydrogen) atoms. The van der Waals surface area contributed by atoms with Crippen LogP contribution >= 0.6 is 0 Å². The van der Waals surface area contributed by atoms with Crippen LogP contribution in [0, 0.1) is 0 Å². The van der Waals surface area contributed by atoms with E-state index in [1.807, 2.05) is 35.6 Å². The zero-order chi connectivity index (χ0) is 22.2. The molecular weight excluding hydrogens is 416 g/mol. The number of carbonyl (C=O) groups is 1. The maximum absolute atomic E-state index is 13.3. The van der Waals surface area contributed by atoms with Gasteiger partial charge in [-0.25, -0.2) is 17.7 Å². The van der Waals surface area contributed by atoms with Crippen LogP contribution in [0.15, 0.2) is 53.4 Å². The molecular formula is C21H22N6O3S. The van der Waals surface area contributed by atoms with Crippen molar-refractivity contribution in [3.63, 3.8) is 0 Å². The Hall–Kier alpha value is -3.53. The Balaban J connectivity index is 1.84. The summed E-state index contributed by atoms with van der Waals surface area (Å²) in [5.74, 6) is 0.715. The molecule has 0 bridgehead atoms. The van der Waals surface area contributed by atoms with Gasteiger partial charge in [-0.3, -0.25) is 9.20 Å². The summed E-state index contributed by atoms with van der Waals surface area (Å²) in [4.78, 5) is 15.9. The second-order valence-electron chi connectivity index (χ2n) is 7.13. The molecule has 0 fully saturated rings. The van der Waals surface area contributed by atoms with Crippen molar-refractivity contribution in [1.29, 1.82) is 0 Å². The minimum Gasteiger partial charge on any atom is -0.326 e. The number of aromatic nitrogens is 4. The SMILES string of the molecule is CCCc1nnc2c(N(C)S(=O)(=O)c3ccc(NC(C)=O)cc3)nc3ccccc3n12. The van der Waals surface area contributed by atoms with Gasteiger partial charge in [0.2, 0.25) is 11.6 Å². The summed E-state index contributed by atoms with van der Waals surface area (Å²) in [5.41, 5.74) is 2.36. The normalized spacial score (nSPS) is 11.7. The van der Waals surface area contributed by atoms with E-state index in [-0.39, 0.29) is 16.6 Å². The predicted octanol–water partition coefficient (Wildman–Crippen LogP) is 3.01. The summed E-state index contributed by atoms with van der Waals surface area (Å²) in [6, 6.07) is 13.5. The Morgan fingerprint density at radius 1 is 1.10 bits per heavy atom. The lowest BCUT2D eigenvalue weighted by molar-refractivity contribution is -0.114. The van der Waals surface area contributed by atoms with E-state index in [4.69, 9.17) is 0 Å². The van der Waals surface area contributed by atoms with Crippen LogP contribution < -0.4 is 9.62 Å². The van der Waals surface area contributed by atoms with Crippen LogP contribution in [-0.2, 0) is 21.2 Å². The van der Waals surface area contributed by atoms with Gasteiger partial charge in [0.25, 0.3) is 10.0 Å². The van der Waals surface area contributed by atoms with Crippen molar-refractivity contribution in [3.05, 3.63) is 54.4 Å². The van der Waals surface area contributed by atoms with Gasteiger partial charge in [-0.1, -0.05) is 19.1 Å². The van der Waals surface area contributed by atoms with Gasteiger partial charge in [0.05, 0.1) is 15.9 Å². The minimum atomic E-state index is -3.92. The fraction of sp³-hybridized carbons (Fsp3) is 0.238. The second-order valence-corrected chi connectivity index (χ2v) is 9.10. The maximum Gasteiger partial charge on any atom is 0.265 e.